The largest absolute Gasteiger partial charge is 0.479 e. The number of carboxylic acids is 1. The number of hydrogen-bond donors (Lipinski definition) is 4. The Balaban J connectivity index is 0.000000152. The first-order chi connectivity index (χ1) is 42.7. The quantitative estimate of drug-likeness (QED) is 0.0896. The zero-order valence-corrected chi connectivity index (χ0v) is 52.1. The molecule has 6 aliphatic rings. The number of carboxylic acid groups (broad SMARTS) is 1. The summed E-state index contributed by atoms with van der Waals surface area (Å²) in [7, 11) is 3.92. The number of carbonyl (C=O) groups is 2. The maximum Gasteiger partial charge on any atom is 0.335 e. The molecule has 2 aromatic carbocycles. The number of thiazole rings is 2. The van der Waals surface area contributed by atoms with Crippen LogP contribution in [0.25, 0.3) is 33.5 Å². The number of pyridine rings is 2. The summed E-state index contributed by atoms with van der Waals surface area (Å²) in [6, 6.07) is 25.4. The van der Waals surface area contributed by atoms with Crippen LogP contribution in [0.5, 0.6) is 0 Å². The molecule has 21 nitrogen and oxygen atoms in total. The van der Waals surface area contributed by atoms with Crippen LogP contribution in [0.1, 0.15) is 72.1 Å². The molecule has 6 fully saturated rings. The van der Waals surface area contributed by atoms with Crippen LogP contribution in [0, 0.1) is 59.0 Å². The minimum Gasteiger partial charge on any atom is -0.479 e. The second-order valence-corrected chi connectivity index (χ2v) is 26.3. The molecule has 2 spiro atoms. The second-order valence-electron chi connectivity index (χ2n) is 24.4. The van der Waals surface area contributed by atoms with Gasteiger partial charge in [0, 0.05) is 163 Å². The molecule has 0 bridgehead atoms. The Bertz CT molecular complexity index is 4080. The van der Waals surface area contributed by atoms with E-state index < -0.39 is 17.2 Å². The number of benzene rings is 2. The van der Waals surface area contributed by atoms with Gasteiger partial charge in [-0.05, 0) is 99.5 Å². The highest BCUT2D eigenvalue weighted by atomic mass is 32.1. The van der Waals surface area contributed by atoms with Crippen molar-refractivity contribution in [1.82, 2.24) is 39.4 Å². The van der Waals surface area contributed by atoms with Gasteiger partial charge in [-0.3, -0.25) is 4.79 Å². The normalized spacial score (nSPS) is 18.3. The smallest absolute Gasteiger partial charge is 0.335 e. The van der Waals surface area contributed by atoms with Gasteiger partial charge in [-0.1, -0.05) is 36.5 Å². The third kappa shape index (κ3) is 11.4. The average molecular weight is 1250 g/mol. The number of fused-ring (bicyclic) bond motifs is 2. The summed E-state index contributed by atoms with van der Waals surface area (Å²) in [6.45, 7) is 17.2. The van der Waals surface area contributed by atoms with Gasteiger partial charge < -0.3 is 54.6 Å². The third-order valence-electron chi connectivity index (χ3n) is 18.1. The van der Waals surface area contributed by atoms with Crippen LogP contribution in [0.4, 0.5) is 41.8 Å². The van der Waals surface area contributed by atoms with Gasteiger partial charge in [-0.25, -0.2) is 32.6 Å². The van der Waals surface area contributed by atoms with Crippen molar-refractivity contribution in [2.45, 2.75) is 77.4 Å². The van der Waals surface area contributed by atoms with Crippen molar-refractivity contribution in [3.63, 3.8) is 0 Å². The lowest BCUT2D eigenvalue weighted by Crippen LogP contribution is -2.75. The number of aromatic nitrogens is 6. The summed E-state index contributed by atoms with van der Waals surface area (Å²) < 4.78 is 41.2. The van der Waals surface area contributed by atoms with E-state index in [1.54, 1.807) is 29.2 Å². The zero-order chi connectivity index (χ0) is 62.7. The lowest BCUT2D eigenvalue weighted by molar-refractivity contribution is -0.174. The Kier molecular flexibility index (Phi) is 16.5. The number of anilines is 6. The lowest BCUT2D eigenvalue weighted by Gasteiger charge is -2.61. The number of aliphatic hydroxyl groups is 2. The van der Waals surface area contributed by atoms with Crippen molar-refractivity contribution in [3.8, 4) is 34.7 Å². The van der Waals surface area contributed by atoms with Crippen molar-refractivity contribution >= 4 is 78.6 Å². The minimum absolute atomic E-state index is 0.0526. The molecule has 14 rings (SSSR count). The van der Waals surface area contributed by atoms with Crippen LogP contribution in [-0.4, -0.2) is 165 Å². The number of ether oxygens (including phenoxy) is 2. The summed E-state index contributed by atoms with van der Waals surface area (Å²) in [5.41, 5.74) is 10.4. The Hall–Kier alpha value is -8.14. The maximum absolute atomic E-state index is 13.6. The van der Waals surface area contributed by atoms with Gasteiger partial charge in [0.2, 0.25) is 0 Å². The van der Waals surface area contributed by atoms with Crippen LogP contribution in [0.3, 0.4) is 0 Å². The monoisotopic (exact) mass is 1250 g/mol. The first-order valence-electron chi connectivity index (χ1n) is 29.9. The first-order valence-corrected chi connectivity index (χ1v) is 31.5. The van der Waals surface area contributed by atoms with E-state index in [2.05, 4.69) is 72.3 Å². The molecular formula is C64H70F2N14O7S2. The topological polar surface area (TPSA) is 249 Å². The van der Waals surface area contributed by atoms with Crippen LogP contribution in [0.15, 0.2) is 72.8 Å². The fourth-order valence-electron chi connectivity index (χ4n) is 12.9. The Labute approximate surface area is 521 Å². The van der Waals surface area contributed by atoms with E-state index in [1.807, 2.05) is 39.8 Å². The van der Waals surface area contributed by atoms with Crippen molar-refractivity contribution in [2.75, 3.05) is 112 Å². The predicted molar refractivity (Wildman–Crippen MR) is 336 cm³/mol. The average Bonchev–Trinajstić information content (AvgIpc) is 1.63. The first kappa shape index (κ1) is 61.1. The van der Waals surface area contributed by atoms with E-state index in [1.165, 1.54) is 52.6 Å². The van der Waals surface area contributed by atoms with E-state index in [0.29, 0.717) is 101 Å². The molecule has 12 heterocycles. The van der Waals surface area contributed by atoms with Crippen LogP contribution in [0.2, 0.25) is 0 Å². The van der Waals surface area contributed by atoms with Gasteiger partial charge in [-0.2, -0.15) is 20.7 Å². The number of halogens is 2. The maximum atomic E-state index is 13.6. The van der Waals surface area contributed by atoms with Crippen molar-refractivity contribution < 1.29 is 43.2 Å². The minimum atomic E-state index is -1.53. The number of nitrogens with one attached hydrogen (secondary N) is 1. The summed E-state index contributed by atoms with van der Waals surface area (Å²) in [4.78, 5) is 44.6. The molecule has 8 aromatic rings. The van der Waals surface area contributed by atoms with Gasteiger partial charge in [-0.15, -0.1) is 0 Å². The Morgan fingerprint density at radius 2 is 1.04 bits per heavy atom. The highest BCUT2D eigenvalue weighted by molar-refractivity contribution is 7.17. The van der Waals surface area contributed by atoms with Crippen LogP contribution < -0.4 is 24.9 Å². The molecule has 0 radical (unpaired) electrons. The fourth-order valence-corrected chi connectivity index (χ4v) is 14.6. The number of nitriles is 2. The van der Waals surface area contributed by atoms with E-state index in [9.17, 15) is 39.1 Å². The highest BCUT2D eigenvalue weighted by Crippen LogP contribution is 2.47. The van der Waals surface area contributed by atoms with Gasteiger partial charge in [0.25, 0.3) is 5.91 Å². The van der Waals surface area contributed by atoms with E-state index in [-0.39, 0.29) is 35.8 Å². The van der Waals surface area contributed by atoms with Gasteiger partial charge in [0.1, 0.15) is 50.5 Å². The fraction of sp³-hybridized carbons (Fsp3) is 0.438. The van der Waals surface area contributed by atoms with Crippen LogP contribution >= 0.6 is 22.7 Å². The lowest BCUT2D eigenvalue weighted by atomic mass is 9.71. The number of rotatable bonds is 12. The summed E-state index contributed by atoms with van der Waals surface area (Å²) in [5, 5.41) is 62.8. The molecule has 89 heavy (non-hydrogen) atoms. The van der Waals surface area contributed by atoms with E-state index >= 15 is 0 Å². The number of aliphatic carboxylic acids is 1. The number of carbonyl (C=O) groups excluding carboxylic acids is 1. The van der Waals surface area contributed by atoms with Gasteiger partial charge in [0.05, 0.1) is 33.8 Å². The molecule has 464 valence electrons. The zero-order valence-electron chi connectivity index (χ0n) is 50.5. The molecule has 25 heteroatoms. The Morgan fingerprint density at radius 1 is 0.640 bits per heavy atom. The van der Waals surface area contributed by atoms with E-state index in [0.717, 1.165) is 102 Å². The number of likely N-dealkylation sites (tertiary alicyclic amines) is 1. The molecule has 0 atom stereocenters. The van der Waals surface area contributed by atoms with E-state index in [4.69, 9.17) is 34.7 Å². The highest BCUT2D eigenvalue weighted by Gasteiger charge is 2.56. The molecule has 6 aromatic heterocycles. The predicted octanol–water partition coefficient (Wildman–Crippen LogP) is 8.43. The summed E-state index contributed by atoms with van der Waals surface area (Å²) in [6.07, 6.45) is 2.59. The molecule has 4 N–H and O–H groups in total. The molecule has 0 unspecified atom stereocenters. The molecule has 6 aliphatic heterocycles. The number of hydrogen-bond acceptors (Lipinski definition) is 19. The standard InChI is InChI=1S/C32H34FN7O3S.C26H26FN7S.C6H10O4/c1-4-24-28(37(3)30-35-27(26(15-34)44-30)21-5-7-22(33)8-6-21)25-14-23(13-20(2)40(25)36-24)38-16-31(17-38)18-39(19-31)29(41)32(42)9-11-43-12-10-32;1-4-20-24(32(3)25-30-23(22(11-28)35-25)17-5-7-18(27)8-6-17)21-10-19(9-16(2)34(21)31-20)33-14-26(15-33)12-29-13-26;7-5(8)6(9)1-3-10-4-2-6/h5-8,13-14,42H,4,9-12,16-19H2,1-3H3;5-10,29H,4,12-15H2,1-3H3;9H,1-4H2,(H,7,8). The summed E-state index contributed by atoms with van der Waals surface area (Å²) in [5.74, 6) is -1.96. The molecule has 1 amide bonds. The summed E-state index contributed by atoms with van der Waals surface area (Å²) >= 11 is 2.64. The molecule has 0 aliphatic carbocycles. The van der Waals surface area contributed by atoms with Crippen molar-refractivity contribution in [3.05, 3.63) is 117 Å². The molecular weight excluding hydrogens is 1180 g/mol. The molecule has 0 saturated carbocycles. The van der Waals surface area contributed by atoms with Crippen LogP contribution in [-0.2, 0) is 31.9 Å². The third-order valence-corrected chi connectivity index (χ3v) is 20.1. The number of nitrogens with zero attached hydrogens (tertiary/aromatic N) is 13. The Morgan fingerprint density at radius 3 is 1.40 bits per heavy atom. The van der Waals surface area contributed by atoms with Crippen molar-refractivity contribution in [2.24, 2.45) is 10.8 Å². The van der Waals surface area contributed by atoms with Gasteiger partial charge >= 0.3 is 5.97 Å². The SMILES string of the molecule is CCc1nn2c(C)cc(N3CC4(CN(C(=O)C5(O)CCOCC5)C4)C3)cc2c1N(C)c1nc(-c2ccc(F)cc2)c(C#N)s1.CCc1nn2c(C)cc(N3CC4(CNC4)C3)cc2c1N(C)c1nc(-c2ccc(F)cc2)c(C#N)s1.O=C(O)C1(O)CCOCC1. The second kappa shape index (κ2) is 24.0. The number of amides is 1. The number of aryl methyl sites for hydroxylation is 4. The molecule has 6 saturated heterocycles. The van der Waals surface area contributed by atoms with Crippen molar-refractivity contribution in [1.29, 1.82) is 10.5 Å². The van der Waals surface area contributed by atoms with Gasteiger partial charge in [0.15, 0.2) is 15.9 Å².